The molecule has 8 heteroatoms. The molecule has 0 aromatic heterocycles. The van der Waals surface area contributed by atoms with Crippen LogP contribution in [0.3, 0.4) is 0 Å². The van der Waals surface area contributed by atoms with Gasteiger partial charge in [-0.25, -0.2) is 13.8 Å². The number of para-hydroxylation sites is 1. The third-order valence-electron chi connectivity index (χ3n) is 3.91. The van der Waals surface area contributed by atoms with Crippen molar-refractivity contribution in [3.05, 3.63) is 95.5 Å². The zero-order valence-corrected chi connectivity index (χ0v) is 16.8. The highest BCUT2D eigenvalue weighted by molar-refractivity contribution is 7.92. The van der Waals surface area contributed by atoms with Crippen molar-refractivity contribution >= 4 is 39.4 Å². The molecule has 0 heterocycles. The number of amides is 1. The van der Waals surface area contributed by atoms with Gasteiger partial charge in [-0.1, -0.05) is 60.1 Å². The van der Waals surface area contributed by atoms with Gasteiger partial charge in [0.25, 0.3) is 15.9 Å². The predicted octanol–water partition coefficient (Wildman–Crippen LogP) is 3.69. The molecule has 148 valence electrons. The fourth-order valence-electron chi connectivity index (χ4n) is 2.56. The minimum Gasteiger partial charge on any atom is -0.271 e. The number of nitrogens with one attached hydrogen (secondary N) is 1. The van der Waals surface area contributed by atoms with Crippen LogP contribution in [0.5, 0.6) is 0 Å². The number of halogens is 1. The Labute approximate surface area is 174 Å². The van der Waals surface area contributed by atoms with Gasteiger partial charge < -0.3 is 0 Å². The lowest BCUT2D eigenvalue weighted by molar-refractivity contribution is -0.119. The van der Waals surface area contributed by atoms with Crippen LogP contribution >= 0.6 is 11.6 Å². The zero-order chi connectivity index (χ0) is 20.7. The van der Waals surface area contributed by atoms with E-state index >= 15 is 0 Å². The van der Waals surface area contributed by atoms with Gasteiger partial charge in [0.15, 0.2) is 0 Å². The molecule has 1 amide bonds. The molecular formula is C21H18ClN3O3S. The van der Waals surface area contributed by atoms with Crippen molar-refractivity contribution in [2.24, 2.45) is 5.10 Å². The summed E-state index contributed by atoms with van der Waals surface area (Å²) in [6.45, 7) is -0.422. The summed E-state index contributed by atoms with van der Waals surface area (Å²) in [5.41, 5.74) is 3.44. The Hall–Kier alpha value is -3.16. The molecule has 3 rings (SSSR count). The van der Waals surface area contributed by atoms with Crippen LogP contribution in [0.15, 0.2) is 94.9 Å². The summed E-state index contributed by atoms with van der Waals surface area (Å²) in [4.78, 5) is 12.5. The second kappa shape index (κ2) is 9.36. The molecule has 0 fully saturated rings. The van der Waals surface area contributed by atoms with Gasteiger partial charge in [0, 0.05) is 5.02 Å². The quantitative estimate of drug-likeness (QED) is 0.461. The molecule has 0 spiro atoms. The van der Waals surface area contributed by atoms with Gasteiger partial charge in [-0.05, 0) is 42.0 Å². The highest BCUT2D eigenvalue weighted by Gasteiger charge is 2.26. The van der Waals surface area contributed by atoms with Crippen molar-refractivity contribution in [3.63, 3.8) is 0 Å². The van der Waals surface area contributed by atoms with Gasteiger partial charge in [-0.3, -0.25) is 9.10 Å². The van der Waals surface area contributed by atoms with Crippen molar-refractivity contribution in [1.82, 2.24) is 5.43 Å². The van der Waals surface area contributed by atoms with Gasteiger partial charge in [0.05, 0.1) is 16.8 Å². The number of sulfonamides is 1. The number of nitrogens with zero attached hydrogens (tertiary/aromatic N) is 2. The predicted molar refractivity (Wildman–Crippen MR) is 115 cm³/mol. The maximum absolute atomic E-state index is 13.1. The van der Waals surface area contributed by atoms with E-state index in [1.54, 1.807) is 72.8 Å². The lowest BCUT2D eigenvalue weighted by Crippen LogP contribution is -2.39. The summed E-state index contributed by atoms with van der Waals surface area (Å²) in [5, 5.41) is 4.43. The number of anilines is 1. The van der Waals surface area contributed by atoms with Crippen molar-refractivity contribution in [1.29, 1.82) is 0 Å². The lowest BCUT2D eigenvalue weighted by Gasteiger charge is -2.23. The Morgan fingerprint density at radius 3 is 2.28 bits per heavy atom. The van der Waals surface area contributed by atoms with E-state index in [4.69, 9.17) is 11.6 Å². The fourth-order valence-corrected chi connectivity index (χ4v) is 4.20. The molecule has 0 atom stereocenters. The first kappa shape index (κ1) is 20.6. The normalized spacial score (nSPS) is 11.3. The molecule has 6 nitrogen and oxygen atoms in total. The molecule has 0 saturated heterocycles. The molecule has 1 N–H and O–H groups in total. The molecule has 3 aromatic rings. The van der Waals surface area contributed by atoms with Gasteiger partial charge in [0.2, 0.25) is 0 Å². The van der Waals surface area contributed by atoms with Gasteiger partial charge in [-0.2, -0.15) is 5.10 Å². The number of rotatable bonds is 7. The summed E-state index contributed by atoms with van der Waals surface area (Å²) in [5.74, 6) is -0.577. The fraction of sp³-hybridized carbons (Fsp3) is 0.0476. The number of hydrazone groups is 1. The number of hydrogen-bond acceptors (Lipinski definition) is 4. The summed E-state index contributed by atoms with van der Waals surface area (Å²) in [6.07, 6.45) is 1.43. The largest absolute Gasteiger partial charge is 0.271 e. The van der Waals surface area contributed by atoms with Crippen molar-refractivity contribution in [3.8, 4) is 0 Å². The summed E-state index contributed by atoms with van der Waals surface area (Å²) in [7, 11) is -3.93. The monoisotopic (exact) mass is 427 g/mol. The number of hydrogen-bond donors (Lipinski definition) is 1. The topological polar surface area (TPSA) is 78.8 Å². The van der Waals surface area contributed by atoms with Gasteiger partial charge in [0.1, 0.15) is 6.54 Å². The first-order chi connectivity index (χ1) is 14.0. The third kappa shape index (κ3) is 5.43. The van der Waals surface area contributed by atoms with E-state index in [1.807, 2.05) is 0 Å². The minimum atomic E-state index is -3.93. The Morgan fingerprint density at radius 1 is 0.966 bits per heavy atom. The lowest BCUT2D eigenvalue weighted by atomic mass is 10.2. The molecule has 0 radical (unpaired) electrons. The van der Waals surface area contributed by atoms with E-state index in [9.17, 15) is 13.2 Å². The number of carbonyl (C=O) groups is 1. The van der Waals surface area contributed by atoms with Gasteiger partial charge in [-0.15, -0.1) is 0 Å². The van der Waals surface area contributed by atoms with Crippen molar-refractivity contribution < 1.29 is 13.2 Å². The first-order valence-corrected chi connectivity index (χ1v) is 10.5. The van der Waals surface area contributed by atoms with E-state index in [0.29, 0.717) is 16.3 Å². The van der Waals surface area contributed by atoms with Crippen molar-refractivity contribution in [2.75, 3.05) is 10.8 Å². The second-order valence-electron chi connectivity index (χ2n) is 6.01. The molecule has 0 unspecified atom stereocenters. The maximum atomic E-state index is 13.1. The molecule has 0 aliphatic rings. The van der Waals surface area contributed by atoms with Crippen LogP contribution in [0.1, 0.15) is 5.56 Å². The van der Waals surface area contributed by atoms with Crippen LogP contribution in [0.4, 0.5) is 5.69 Å². The van der Waals surface area contributed by atoms with E-state index in [2.05, 4.69) is 10.5 Å². The van der Waals surface area contributed by atoms with E-state index < -0.39 is 22.5 Å². The highest BCUT2D eigenvalue weighted by atomic mass is 35.5. The minimum absolute atomic E-state index is 0.0964. The Bertz CT molecular complexity index is 1100. The molecule has 0 aliphatic heterocycles. The Kier molecular flexibility index (Phi) is 6.64. The van der Waals surface area contributed by atoms with Gasteiger partial charge >= 0.3 is 0 Å². The Morgan fingerprint density at radius 2 is 1.62 bits per heavy atom. The van der Waals surface area contributed by atoms with E-state index in [1.165, 1.54) is 18.3 Å². The van der Waals surface area contributed by atoms with E-state index in [-0.39, 0.29) is 4.90 Å². The van der Waals surface area contributed by atoms with E-state index in [0.717, 1.165) is 4.31 Å². The van der Waals surface area contributed by atoms with Crippen LogP contribution in [-0.2, 0) is 14.8 Å². The SMILES string of the molecule is O=C(CN(c1ccccc1)S(=O)(=O)c1ccccc1)NN=Cc1cccc(Cl)c1. The molecule has 0 saturated carbocycles. The number of carbonyl (C=O) groups excluding carboxylic acids is 1. The van der Waals surface area contributed by atoms with Crippen molar-refractivity contribution in [2.45, 2.75) is 4.90 Å². The number of benzene rings is 3. The summed E-state index contributed by atoms with van der Waals surface area (Å²) in [6, 6.07) is 23.3. The van der Waals surface area contributed by atoms with Crippen LogP contribution < -0.4 is 9.73 Å². The zero-order valence-electron chi connectivity index (χ0n) is 15.3. The molecule has 0 aliphatic carbocycles. The van der Waals surface area contributed by atoms with Crippen LogP contribution in [0, 0.1) is 0 Å². The average molecular weight is 428 g/mol. The highest BCUT2D eigenvalue weighted by Crippen LogP contribution is 2.23. The van der Waals surface area contributed by atoms with Crippen LogP contribution in [0.25, 0.3) is 0 Å². The average Bonchev–Trinajstić information content (AvgIpc) is 2.73. The Balaban J connectivity index is 1.79. The second-order valence-corrected chi connectivity index (χ2v) is 8.31. The van der Waals surface area contributed by atoms with Crippen LogP contribution in [0.2, 0.25) is 5.02 Å². The van der Waals surface area contributed by atoms with Crippen LogP contribution in [-0.4, -0.2) is 27.1 Å². The third-order valence-corrected chi connectivity index (χ3v) is 5.94. The molecule has 29 heavy (non-hydrogen) atoms. The smallest absolute Gasteiger partial charge is 0.264 e. The summed E-state index contributed by atoms with van der Waals surface area (Å²) >= 11 is 5.91. The first-order valence-electron chi connectivity index (χ1n) is 8.67. The molecular weight excluding hydrogens is 410 g/mol. The standard InChI is InChI=1S/C21H18ClN3O3S/c22-18-9-7-8-17(14-18)15-23-24-21(26)16-25(19-10-3-1-4-11-19)29(27,28)20-12-5-2-6-13-20/h1-15H,16H2,(H,24,26). The molecule has 3 aromatic carbocycles. The molecule has 0 bridgehead atoms. The summed E-state index contributed by atoms with van der Waals surface area (Å²) < 4.78 is 27.2. The maximum Gasteiger partial charge on any atom is 0.264 e.